The summed E-state index contributed by atoms with van der Waals surface area (Å²) in [6.45, 7) is 9.19. The number of nitrogens with zero attached hydrogens (tertiary/aromatic N) is 4. The summed E-state index contributed by atoms with van der Waals surface area (Å²) < 4.78 is 5.66. The first-order valence-electron chi connectivity index (χ1n) is 8.90. The van der Waals surface area contributed by atoms with Gasteiger partial charge in [0, 0.05) is 25.7 Å². The van der Waals surface area contributed by atoms with Crippen LogP contribution in [0.15, 0.2) is 27.8 Å². The molecular weight excluding hydrogens is 364 g/mol. The third-order valence-corrected chi connectivity index (χ3v) is 4.91. The first-order valence-corrected chi connectivity index (χ1v) is 9.89. The molecule has 7 nitrogen and oxygen atoms in total. The van der Waals surface area contributed by atoms with Crippen molar-refractivity contribution < 1.29 is 14.0 Å². The molecule has 0 saturated heterocycles. The van der Waals surface area contributed by atoms with E-state index in [-0.39, 0.29) is 24.1 Å². The predicted octanol–water partition coefficient (Wildman–Crippen LogP) is 2.77. The molecule has 0 saturated carbocycles. The standard InChI is InChI=1S/C19H26N4O3S/c1-6-23(7-2)16(24)11-22(5)17(25)12-27-19-21-20-18(26-19)15-9-13(3)8-14(4)10-15/h8-10H,6-7,11-12H2,1-5H3. The number of rotatable bonds is 8. The van der Waals surface area contributed by atoms with E-state index >= 15 is 0 Å². The summed E-state index contributed by atoms with van der Waals surface area (Å²) in [4.78, 5) is 27.5. The van der Waals surface area contributed by atoms with Crippen LogP contribution in [0.5, 0.6) is 0 Å². The Bertz CT molecular complexity index is 782. The van der Waals surface area contributed by atoms with Crippen LogP contribution in [0.25, 0.3) is 11.5 Å². The molecule has 146 valence electrons. The number of amides is 2. The van der Waals surface area contributed by atoms with Gasteiger partial charge in [-0.2, -0.15) is 0 Å². The zero-order valence-corrected chi connectivity index (χ0v) is 17.3. The molecule has 1 aromatic heterocycles. The zero-order chi connectivity index (χ0) is 20.0. The second kappa shape index (κ2) is 9.55. The first-order chi connectivity index (χ1) is 12.8. The maximum atomic E-state index is 12.3. The molecule has 0 atom stereocenters. The summed E-state index contributed by atoms with van der Waals surface area (Å²) in [6.07, 6.45) is 0. The van der Waals surface area contributed by atoms with E-state index < -0.39 is 0 Å². The van der Waals surface area contributed by atoms with Crippen LogP contribution in [0.3, 0.4) is 0 Å². The largest absolute Gasteiger partial charge is 0.411 e. The van der Waals surface area contributed by atoms with E-state index in [2.05, 4.69) is 16.3 Å². The number of likely N-dealkylation sites (N-methyl/N-ethyl adjacent to an activating group) is 2. The number of aromatic nitrogens is 2. The molecule has 0 aliphatic rings. The monoisotopic (exact) mass is 390 g/mol. The quantitative estimate of drug-likeness (QED) is 0.645. The van der Waals surface area contributed by atoms with E-state index in [1.807, 2.05) is 39.8 Å². The third-order valence-electron chi connectivity index (χ3n) is 4.11. The summed E-state index contributed by atoms with van der Waals surface area (Å²) in [5, 5.41) is 8.40. The molecule has 2 aromatic rings. The minimum atomic E-state index is -0.161. The van der Waals surface area contributed by atoms with Gasteiger partial charge in [-0.15, -0.1) is 10.2 Å². The van der Waals surface area contributed by atoms with E-state index in [0.29, 0.717) is 24.2 Å². The molecule has 0 aliphatic heterocycles. The summed E-state index contributed by atoms with van der Waals surface area (Å²) in [7, 11) is 1.62. The van der Waals surface area contributed by atoms with Gasteiger partial charge in [-0.25, -0.2) is 0 Å². The van der Waals surface area contributed by atoms with Gasteiger partial charge in [-0.3, -0.25) is 9.59 Å². The van der Waals surface area contributed by atoms with Crippen LogP contribution in [-0.2, 0) is 9.59 Å². The minimum Gasteiger partial charge on any atom is -0.411 e. The maximum absolute atomic E-state index is 12.3. The molecule has 0 aliphatic carbocycles. The fourth-order valence-electron chi connectivity index (χ4n) is 2.68. The molecule has 0 spiro atoms. The van der Waals surface area contributed by atoms with Crippen LogP contribution in [0.2, 0.25) is 0 Å². The van der Waals surface area contributed by atoms with Crippen LogP contribution in [0.4, 0.5) is 0 Å². The summed E-state index contributed by atoms with van der Waals surface area (Å²) in [6, 6.07) is 6.03. The number of thioether (sulfide) groups is 1. The molecular formula is C19H26N4O3S. The Kier molecular flexibility index (Phi) is 7.41. The average Bonchev–Trinajstić information content (AvgIpc) is 3.09. The fraction of sp³-hybridized carbons (Fsp3) is 0.474. The lowest BCUT2D eigenvalue weighted by atomic mass is 10.1. The highest BCUT2D eigenvalue weighted by Gasteiger charge is 2.18. The van der Waals surface area contributed by atoms with Gasteiger partial charge in [-0.1, -0.05) is 29.0 Å². The Labute approximate surface area is 164 Å². The van der Waals surface area contributed by atoms with Crippen LogP contribution in [-0.4, -0.2) is 64.2 Å². The summed E-state index contributed by atoms with van der Waals surface area (Å²) in [5.41, 5.74) is 3.10. The van der Waals surface area contributed by atoms with E-state index in [9.17, 15) is 9.59 Å². The number of hydrogen-bond donors (Lipinski definition) is 0. The lowest BCUT2D eigenvalue weighted by Gasteiger charge is -2.22. The van der Waals surface area contributed by atoms with E-state index in [1.54, 1.807) is 11.9 Å². The minimum absolute atomic E-state index is 0.0595. The van der Waals surface area contributed by atoms with Gasteiger partial charge in [0.15, 0.2) is 0 Å². The SMILES string of the molecule is CCN(CC)C(=O)CN(C)C(=O)CSc1nnc(-c2cc(C)cc(C)c2)o1. The topological polar surface area (TPSA) is 79.5 Å². The van der Waals surface area contributed by atoms with Crippen LogP contribution in [0.1, 0.15) is 25.0 Å². The van der Waals surface area contributed by atoms with Crippen molar-refractivity contribution in [3.05, 3.63) is 29.3 Å². The lowest BCUT2D eigenvalue weighted by molar-refractivity contribution is -0.137. The number of carbonyl (C=O) groups excluding carboxylic acids is 2. The van der Waals surface area contributed by atoms with Crippen molar-refractivity contribution in [1.29, 1.82) is 0 Å². The van der Waals surface area contributed by atoms with Crippen LogP contribution in [0, 0.1) is 13.8 Å². The van der Waals surface area contributed by atoms with Gasteiger partial charge in [-0.05, 0) is 39.8 Å². The number of hydrogen-bond acceptors (Lipinski definition) is 6. The van der Waals surface area contributed by atoms with Crippen molar-refractivity contribution in [3.8, 4) is 11.5 Å². The number of aryl methyl sites for hydroxylation is 2. The normalized spacial score (nSPS) is 10.7. The Morgan fingerprint density at radius 3 is 2.26 bits per heavy atom. The Hall–Kier alpha value is -2.35. The van der Waals surface area contributed by atoms with E-state index in [4.69, 9.17) is 4.42 Å². The third kappa shape index (κ3) is 5.82. The maximum Gasteiger partial charge on any atom is 0.277 e. The zero-order valence-electron chi connectivity index (χ0n) is 16.5. The number of benzene rings is 1. The Balaban J connectivity index is 1.92. The molecule has 2 rings (SSSR count). The van der Waals surface area contributed by atoms with Crippen LogP contribution < -0.4 is 0 Å². The first kappa shape index (κ1) is 21.0. The second-order valence-electron chi connectivity index (χ2n) is 6.35. The van der Waals surface area contributed by atoms with Gasteiger partial charge in [0.2, 0.25) is 17.7 Å². The highest BCUT2D eigenvalue weighted by molar-refractivity contribution is 7.99. The molecule has 0 fully saturated rings. The average molecular weight is 391 g/mol. The molecule has 1 heterocycles. The van der Waals surface area contributed by atoms with E-state index in [1.165, 1.54) is 16.7 Å². The molecule has 1 aromatic carbocycles. The van der Waals surface area contributed by atoms with Gasteiger partial charge in [0.1, 0.15) is 0 Å². The smallest absolute Gasteiger partial charge is 0.277 e. The highest BCUT2D eigenvalue weighted by Crippen LogP contribution is 2.25. The van der Waals surface area contributed by atoms with Gasteiger partial charge in [0.05, 0.1) is 12.3 Å². The van der Waals surface area contributed by atoms with Gasteiger partial charge in [0.25, 0.3) is 5.22 Å². The molecule has 0 bridgehead atoms. The molecule has 0 unspecified atom stereocenters. The second-order valence-corrected chi connectivity index (χ2v) is 7.28. The van der Waals surface area contributed by atoms with Crippen molar-refractivity contribution in [2.24, 2.45) is 0 Å². The molecule has 2 amide bonds. The van der Waals surface area contributed by atoms with Crippen molar-refractivity contribution in [2.45, 2.75) is 32.9 Å². The molecule has 0 radical (unpaired) electrons. The molecule has 0 N–H and O–H groups in total. The Morgan fingerprint density at radius 1 is 1.04 bits per heavy atom. The van der Waals surface area contributed by atoms with Crippen LogP contribution >= 0.6 is 11.8 Å². The molecule has 8 heteroatoms. The van der Waals surface area contributed by atoms with Crippen molar-refractivity contribution >= 4 is 23.6 Å². The fourth-order valence-corrected chi connectivity index (χ4v) is 3.39. The van der Waals surface area contributed by atoms with Crippen molar-refractivity contribution in [1.82, 2.24) is 20.0 Å². The lowest BCUT2D eigenvalue weighted by Crippen LogP contribution is -2.41. The molecule has 27 heavy (non-hydrogen) atoms. The number of carbonyl (C=O) groups is 2. The van der Waals surface area contributed by atoms with Crippen molar-refractivity contribution in [2.75, 3.05) is 32.4 Å². The summed E-state index contributed by atoms with van der Waals surface area (Å²) >= 11 is 1.17. The van der Waals surface area contributed by atoms with E-state index in [0.717, 1.165) is 16.7 Å². The van der Waals surface area contributed by atoms with Crippen molar-refractivity contribution in [3.63, 3.8) is 0 Å². The summed E-state index contributed by atoms with van der Waals surface area (Å²) in [5.74, 6) is 0.348. The van der Waals surface area contributed by atoms with Gasteiger partial charge < -0.3 is 14.2 Å². The highest BCUT2D eigenvalue weighted by atomic mass is 32.2. The predicted molar refractivity (Wildman–Crippen MR) is 105 cm³/mol. The Morgan fingerprint density at radius 2 is 1.67 bits per heavy atom. The van der Waals surface area contributed by atoms with Gasteiger partial charge >= 0.3 is 0 Å².